The SMILES string of the molecule is Cc1nn(C)c(CN2CCCCC2CCN)c1Cl. The number of aryl methyl sites for hydroxylation is 2. The van der Waals surface area contributed by atoms with Crippen molar-refractivity contribution in [2.75, 3.05) is 13.1 Å². The van der Waals surface area contributed by atoms with E-state index in [1.54, 1.807) is 0 Å². The summed E-state index contributed by atoms with van der Waals surface area (Å²) in [5, 5.41) is 5.19. The maximum atomic E-state index is 6.32. The summed E-state index contributed by atoms with van der Waals surface area (Å²) in [7, 11) is 1.97. The summed E-state index contributed by atoms with van der Waals surface area (Å²) in [6, 6.07) is 0.607. The molecule has 1 aliphatic rings. The molecule has 0 aliphatic carbocycles. The molecule has 102 valence electrons. The van der Waals surface area contributed by atoms with Gasteiger partial charge in [0, 0.05) is 19.6 Å². The number of rotatable bonds is 4. The first kappa shape index (κ1) is 13.8. The normalized spacial score (nSPS) is 21.4. The van der Waals surface area contributed by atoms with E-state index < -0.39 is 0 Å². The summed E-state index contributed by atoms with van der Waals surface area (Å²) in [6.07, 6.45) is 4.93. The predicted octanol–water partition coefficient (Wildman–Crippen LogP) is 2.09. The molecule has 4 nitrogen and oxygen atoms in total. The van der Waals surface area contributed by atoms with Crippen molar-refractivity contribution in [3.05, 3.63) is 16.4 Å². The Hall–Kier alpha value is -0.580. The molecule has 0 saturated carbocycles. The Morgan fingerprint density at radius 2 is 2.22 bits per heavy atom. The monoisotopic (exact) mass is 270 g/mol. The van der Waals surface area contributed by atoms with E-state index in [9.17, 15) is 0 Å². The average Bonchev–Trinajstić information content (AvgIpc) is 2.59. The number of piperidine rings is 1. The molecular formula is C13H23ClN4. The van der Waals surface area contributed by atoms with Crippen LogP contribution in [-0.4, -0.2) is 33.8 Å². The fourth-order valence-corrected chi connectivity index (χ4v) is 3.05. The lowest BCUT2D eigenvalue weighted by molar-refractivity contribution is 0.131. The van der Waals surface area contributed by atoms with Gasteiger partial charge in [0.1, 0.15) is 0 Å². The molecule has 0 aromatic carbocycles. The molecule has 2 heterocycles. The van der Waals surface area contributed by atoms with E-state index in [1.165, 1.54) is 19.3 Å². The average molecular weight is 271 g/mol. The van der Waals surface area contributed by atoms with Crippen LogP contribution < -0.4 is 5.73 Å². The molecule has 18 heavy (non-hydrogen) atoms. The Bertz CT molecular complexity index is 400. The van der Waals surface area contributed by atoms with Gasteiger partial charge >= 0.3 is 0 Å². The second-order valence-electron chi connectivity index (χ2n) is 5.17. The summed E-state index contributed by atoms with van der Waals surface area (Å²) in [4.78, 5) is 2.51. The minimum Gasteiger partial charge on any atom is -0.330 e. The first-order chi connectivity index (χ1) is 8.63. The second kappa shape index (κ2) is 6.04. The fraction of sp³-hybridized carbons (Fsp3) is 0.769. The van der Waals surface area contributed by atoms with Gasteiger partial charge in [-0.05, 0) is 39.3 Å². The number of halogens is 1. The van der Waals surface area contributed by atoms with Gasteiger partial charge in [-0.25, -0.2) is 0 Å². The molecule has 1 aromatic heterocycles. The van der Waals surface area contributed by atoms with Crippen LogP contribution in [0.2, 0.25) is 5.02 Å². The predicted molar refractivity (Wildman–Crippen MR) is 74.7 cm³/mol. The highest BCUT2D eigenvalue weighted by Crippen LogP contribution is 2.25. The summed E-state index contributed by atoms with van der Waals surface area (Å²) >= 11 is 6.32. The molecular weight excluding hydrogens is 248 g/mol. The highest BCUT2D eigenvalue weighted by Gasteiger charge is 2.24. The van der Waals surface area contributed by atoms with Crippen molar-refractivity contribution in [3.8, 4) is 0 Å². The molecule has 1 aromatic rings. The molecule has 2 rings (SSSR count). The maximum Gasteiger partial charge on any atom is 0.0860 e. The Kier molecular flexibility index (Phi) is 4.65. The molecule has 1 saturated heterocycles. The van der Waals surface area contributed by atoms with Crippen molar-refractivity contribution in [1.29, 1.82) is 0 Å². The third-order valence-corrected chi connectivity index (χ3v) is 4.36. The van der Waals surface area contributed by atoms with Crippen LogP contribution in [0.25, 0.3) is 0 Å². The molecule has 1 fully saturated rings. The van der Waals surface area contributed by atoms with Crippen molar-refractivity contribution >= 4 is 11.6 Å². The maximum absolute atomic E-state index is 6.32. The van der Waals surface area contributed by atoms with Crippen molar-refractivity contribution in [3.63, 3.8) is 0 Å². The number of likely N-dealkylation sites (tertiary alicyclic amines) is 1. The van der Waals surface area contributed by atoms with Crippen molar-refractivity contribution in [2.24, 2.45) is 12.8 Å². The molecule has 0 spiro atoms. The van der Waals surface area contributed by atoms with Crippen molar-refractivity contribution in [2.45, 2.75) is 45.2 Å². The molecule has 0 bridgehead atoms. The Morgan fingerprint density at radius 1 is 1.44 bits per heavy atom. The third-order valence-electron chi connectivity index (χ3n) is 3.86. The third kappa shape index (κ3) is 2.87. The highest BCUT2D eigenvalue weighted by atomic mass is 35.5. The van der Waals surface area contributed by atoms with E-state index in [1.807, 2.05) is 18.7 Å². The number of hydrogen-bond donors (Lipinski definition) is 1. The zero-order valence-electron chi connectivity index (χ0n) is 11.3. The van der Waals surface area contributed by atoms with Crippen molar-refractivity contribution in [1.82, 2.24) is 14.7 Å². The standard InChI is InChI=1S/C13H23ClN4/c1-10-13(14)12(17(2)16-10)9-18-8-4-3-5-11(18)6-7-15/h11H,3-9,15H2,1-2H3. The van der Waals surface area contributed by atoms with E-state index in [0.717, 1.165) is 42.5 Å². The van der Waals surface area contributed by atoms with Crippen LogP contribution in [0.1, 0.15) is 37.1 Å². The van der Waals surface area contributed by atoms with Crippen LogP contribution in [-0.2, 0) is 13.6 Å². The molecule has 0 amide bonds. The highest BCUT2D eigenvalue weighted by molar-refractivity contribution is 6.31. The topological polar surface area (TPSA) is 47.1 Å². The van der Waals surface area contributed by atoms with Crippen LogP contribution >= 0.6 is 11.6 Å². The lowest BCUT2D eigenvalue weighted by Crippen LogP contribution is -2.40. The Balaban J connectivity index is 2.10. The van der Waals surface area contributed by atoms with Gasteiger partial charge in [-0.3, -0.25) is 9.58 Å². The Morgan fingerprint density at radius 3 is 2.83 bits per heavy atom. The number of nitrogens with two attached hydrogens (primary N) is 1. The van der Waals surface area contributed by atoms with Gasteiger partial charge < -0.3 is 5.73 Å². The first-order valence-electron chi connectivity index (χ1n) is 6.75. The second-order valence-corrected chi connectivity index (χ2v) is 5.55. The van der Waals surface area contributed by atoms with Gasteiger partial charge in [0.25, 0.3) is 0 Å². The van der Waals surface area contributed by atoms with E-state index in [2.05, 4.69) is 10.00 Å². The van der Waals surface area contributed by atoms with Crippen molar-refractivity contribution < 1.29 is 0 Å². The number of nitrogens with zero attached hydrogens (tertiary/aromatic N) is 3. The smallest absolute Gasteiger partial charge is 0.0860 e. The summed E-state index contributed by atoms with van der Waals surface area (Å²) < 4.78 is 1.91. The molecule has 5 heteroatoms. The van der Waals surface area contributed by atoms with E-state index in [4.69, 9.17) is 17.3 Å². The summed E-state index contributed by atoms with van der Waals surface area (Å²) in [5.74, 6) is 0. The summed E-state index contributed by atoms with van der Waals surface area (Å²) in [6.45, 7) is 4.75. The largest absolute Gasteiger partial charge is 0.330 e. The number of aromatic nitrogens is 2. The van der Waals surface area contributed by atoms with Crippen LogP contribution in [0, 0.1) is 6.92 Å². The molecule has 2 N–H and O–H groups in total. The molecule has 1 unspecified atom stereocenters. The van der Waals surface area contributed by atoms with Gasteiger partial charge in [-0.2, -0.15) is 5.10 Å². The molecule has 1 atom stereocenters. The van der Waals surface area contributed by atoms with E-state index in [-0.39, 0.29) is 0 Å². The lowest BCUT2D eigenvalue weighted by Gasteiger charge is -2.35. The minimum atomic E-state index is 0.607. The van der Waals surface area contributed by atoms with Gasteiger partial charge in [0.05, 0.1) is 16.4 Å². The first-order valence-corrected chi connectivity index (χ1v) is 7.13. The molecule has 0 radical (unpaired) electrons. The van der Waals surface area contributed by atoms with Crippen LogP contribution in [0.15, 0.2) is 0 Å². The summed E-state index contributed by atoms with van der Waals surface area (Å²) in [5.41, 5.74) is 7.75. The fourth-order valence-electron chi connectivity index (χ4n) is 2.83. The van der Waals surface area contributed by atoms with Crippen LogP contribution in [0.5, 0.6) is 0 Å². The van der Waals surface area contributed by atoms with Gasteiger partial charge in [-0.15, -0.1) is 0 Å². The lowest BCUT2D eigenvalue weighted by atomic mass is 9.99. The van der Waals surface area contributed by atoms with E-state index >= 15 is 0 Å². The minimum absolute atomic E-state index is 0.607. The zero-order chi connectivity index (χ0) is 13.1. The number of hydrogen-bond acceptors (Lipinski definition) is 3. The quantitative estimate of drug-likeness (QED) is 0.911. The van der Waals surface area contributed by atoms with Gasteiger partial charge in [0.15, 0.2) is 0 Å². The van der Waals surface area contributed by atoms with E-state index in [0.29, 0.717) is 6.04 Å². The zero-order valence-corrected chi connectivity index (χ0v) is 12.1. The Labute approximate surface area is 114 Å². The van der Waals surface area contributed by atoms with Gasteiger partial charge in [-0.1, -0.05) is 18.0 Å². The molecule has 1 aliphatic heterocycles. The van der Waals surface area contributed by atoms with Gasteiger partial charge in [0.2, 0.25) is 0 Å². The van der Waals surface area contributed by atoms with Crippen LogP contribution in [0.4, 0.5) is 0 Å². The van der Waals surface area contributed by atoms with Crippen LogP contribution in [0.3, 0.4) is 0 Å².